The van der Waals surface area contributed by atoms with Crippen LogP contribution in [0.25, 0.3) is 0 Å². The Morgan fingerprint density at radius 3 is 2.50 bits per heavy atom. The highest BCUT2D eigenvalue weighted by Crippen LogP contribution is 2.31. The van der Waals surface area contributed by atoms with Crippen LogP contribution in [-0.4, -0.2) is 20.2 Å². The zero-order chi connectivity index (χ0) is 13.1. The summed E-state index contributed by atoms with van der Waals surface area (Å²) in [6.07, 6.45) is 2.56. The molecule has 1 aromatic carbocycles. The molecular formula is C15H24N2O. The van der Waals surface area contributed by atoms with Crippen LogP contribution in [0.2, 0.25) is 0 Å². The number of benzene rings is 1. The molecule has 0 amide bonds. The number of nitrogens with zero attached hydrogens (tertiary/aromatic N) is 1. The van der Waals surface area contributed by atoms with Gasteiger partial charge < -0.3 is 15.4 Å². The zero-order valence-electron chi connectivity index (χ0n) is 11.6. The van der Waals surface area contributed by atoms with Crippen molar-refractivity contribution in [1.29, 1.82) is 0 Å². The van der Waals surface area contributed by atoms with Gasteiger partial charge >= 0.3 is 0 Å². The van der Waals surface area contributed by atoms with Crippen LogP contribution in [0.3, 0.4) is 0 Å². The van der Waals surface area contributed by atoms with E-state index in [1.165, 1.54) is 18.5 Å². The van der Waals surface area contributed by atoms with Gasteiger partial charge in [0.2, 0.25) is 0 Å². The van der Waals surface area contributed by atoms with Crippen LogP contribution >= 0.6 is 0 Å². The Kier molecular flexibility index (Phi) is 4.00. The second-order valence-corrected chi connectivity index (χ2v) is 5.49. The summed E-state index contributed by atoms with van der Waals surface area (Å²) >= 11 is 0. The lowest BCUT2D eigenvalue weighted by Gasteiger charge is -2.35. The molecule has 0 aromatic heterocycles. The predicted molar refractivity (Wildman–Crippen MR) is 77.2 cm³/mol. The number of methoxy groups -OCH3 is 1. The first-order valence-corrected chi connectivity index (χ1v) is 6.80. The van der Waals surface area contributed by atoms with Gasteiger partial charge in [-0.15, -0.1) is 0 Å². The van der Waals surface area contributed by atoms with E-state index >= 15 is 0 Å². The molecular weight excluding hydrogens is 224 g/mol. The van der Waals surface area contributed by atoms with Gasteiger partial charge in [-0.25, -0.2) is 0 Å². The molecule has 1 aromatic rings. The highest BCUT2D eigenvalue weighted by molar-refractivity contribution is 5.62. The van der Waals surface area contributed by atoms with Crippen molar-refractivity contribution in [1.82, 2.24) is 0 Å². The molecule has 0 unspecified atom stereocenters. The van der Waals surface area contributed by atoms with Crippen molar-refractivity contribution in [2.24, 2.45) is 11.8 Å². The fraction of sp³-hybridized carbons (Fsp3) is 0.600. The lowest BCUT2D eigenvalue weighted by molar-refractivity contribution is 0.311. The summed E-state index contributed by atoms with van der Waals surface area (Å²) in [6.45, 7) is 6.92. The van der Waals surface area contributed by atoms with Gasteiger partial charge in [-0.1, -0.05) is 13.8 Å². The minimum atomic E-state index is 0.707. The van der Waals surface area contributed by atoms with Crippen molar-refractivity contribution in [3.63, 3.8) is 0 Å². The molecule has 0 aliphatic carbocycles. The van der Waals surface area contributed by atoms with E-state index < -0.39 is 0 Å². The number of anilines is 2. The molecule has 100 valence electrons. The second kappa shape index (κ2) is 5.51. The van der Waals surface area contributed by atoms with Crippen molar-refractivity contribution in [2.45, 2.75) is 26.7 Å². The van der Waals surface area contributed by atoms with Gasteiger partial charge in [0.15, 0.2) is 0 Å². The summed E-state index contributed by atoms with van der Waals surface area (Å²) in [5, 5.41) is 0. The molecule has 1 saturated heterocycles. The molecule has 0 spiro atoms. The Balaban J connectivity index is 2.05. The van der Waals surface area contributed by atoms with Crippen molar-refractivity contribution in [3.05, 3.63) is 18.2 Å². The molecule has 0 bridgehead atoms. The molecule has 2 N–H and O–H groups in total. The first-order chi connectivity index (χ1) is 8.61. The molecule has 0 atom stereocenters. The van der Waals surface area contributed by atoms with E-state index in [0.717, 1.165) is 30.7 Å². The Morgan fingerprint density at radius 1 is 1.28 bits per heavy atom. The van der Waals surface area contributed by atoms with Gasteiger partial charge in [0.1, 0.15) is 5.75 Å². The number of nitrogens with two attached hydrogens (primary N) is 1. The highest BCUT2D eigenvalue weighted by Gasteiger charge is 2.22. The summed E-state index contributed by atoms with van der Waals surface area (Å²) < 4.78 is 5.28. The van der Waals surface area contributed by atoms with Crippen molar-refractivity contribution in [3.8, 4) is 5.75 Å². The molecule has 18 heavy (non-hydrogen) atoms. The van der Waals surface area contributed by atoms with E-state index in [9.17, 15) is 0 Å². The normalized spacial score (nSPS) is 17.2. The molecule has 1 aliphatic heterocycles. The van der Waals surface area contributed by atoms with Crippen LogP contribution in [0.4, 0.5) is 11.4 Å². The molecule has 0 radical (unpaired) electrons. The third-order valence-corrected chi connectivity index (χ3v) is 4.06. The maximum Gasteiger partial charge on any atom is 0.143 e. The predicted octanol–water partition coefficient (Wildman–Crippen LogP) is 3.15. The molecule has 3 heteroatoms. The highest BCUT2D eigenvalue weighted by atomic mass is 16.5. The number of rotatable bonds is 3. The molecule has 1 fully saturated rings. The van der Waals surface area contributed by atoms with Gasteiger partial charge in [0, 0.05) is 24.8 Å². The Labute approximate surface area is 110 Å². The standard InChI is InChI=1S/C15H24N2O/c1-11(2)12-6-8-17(9-7-12)13-4-5-14(16)15(10-13)18-3/h4-5,10-12H,6-9,16H2,1-3H3. The Hall–Kier alpha value is -1.38. The van der Waals surface area contributed by atoms with Gasteiger partial charge in [-0.05, 0) is 36.8 Å². The quantitative estimate of drug-likeness (QED) is 0.835. The van der Waals surface area contributed by atoms with Crippen LogP contribution in [0.15, 0.2) is 18.2 Å². The third kappa shape index (κ3) is 2.71. The van der Waals surface area contributed by atoms with Crippen LogP contribution < -0.4 is 15.4 Å². The lowest BCUT2D eigenvalue weighted by atomic mass is 9.86. The van der Waals surface area contributed by atoms with Gasteiger partial charge in [-0.3, -0.25) is 0 Å². The zero-order valence-corrected chi connectivity index (χ0v) is 11.6. The van der Waals surface area contributed by atoms with E-state index in [1.807, 2.05) is 12.1 Å². The van der Waals surface area contributed by atoms with E-state index in [-0.39, 0.29) is 0 Å². The van der Waals surface area contributed by atoms with Gasteiger partial charge in [-0.2, -0.15) is 0 Å². The molecule has 1 aliphatic rings. The van der Waals surface area contributed by atoms with Gasteiger partial charge in [0.25, 0.3) is 0 Å². The largest absolute Gasteiger partial charge is 0.495 e. The maximum atomic E-state index is 5.85. The Bertz CT molecular complexity index is 395. The summed E-state index contributed by atoms with van der Waals surface area (Å²) in [5.41, 5.74) is 7.78. The topological polar surface area (TPSA) is 38.5 Å². The maximum absolute atomic E-state index is 5.85. The summed E-state index contributed by atoms with van der Waals surface area (Å²) in [5.74, 6) is 2.45. The molecule has 0 saturated carbocycles. The fourth-order valence-electron chi connectivity index (χ4n) is 2.72. The van der Waals surface area contributed by atoms with Crippen molar-refractivity contribution < 1.29 is 4.74 Å². The number of hydrogen-bond donors (Lipinski definition) is 1. The minimum Gasteiger partial charge on any atom is -0.495 e. The lowest BCUT2D eigenvalue weighted by Crippen LogP contribution is -2.35. The number of nitrogen functional groups attached to an aromatic ring is 1. The average Bonchev–Trinajstić information content (AvgIpc) is 2.39. The minimum absolute atomic E-state index is 0.707. The monoisotopic (exact) mass is 248 g/mol. The first-order valence-electron chi connectivity index (χ1n) is 6.80. The molecule has 3 nitrogen and oxygen atoms in total. The third-order valence-electron chi connectivity index (χ3n) is 4.06. The van der Waals surface area contributed by atoms with Crippen LogP contribution in [0.5, 0.6) is 5.75 Å². The number of ether oxygens (including phenoxy) is 1. The molecule has 2 rings (SSSR count). The van der Waals surface area contributed by atoms with Crippen LogP contribution in [0.1, 0.15) is 26.7 Å². The fourth-order valence-corrected chi connectivity index (χ4v) is 2.72. The SMILES string of the molecule is COc1cc(N2CCC(C(C)C)CC2)ccc1N. The van der Waals surface area contributed by atoms with E-state index in [0.29, 0.717) is 5.69 Å². The summed E-state index contributed by atoms with van der Waals surface area (Å²) in [7, 11) is 1.67. The van der Waals surface area contributed by atoms with E-state index in [4.69, 9.17) is 10.5 Å². The Morgan fingerprint density at radius 2 is 1.94 bits per heavy atom. The van der Waals surface area contributed by atoms with Crippen LogP contribution in [0, 0.1) is 11.8 Å². The second-order valence-electron chi connectivity index (χ2n) is 5.49. The summed E-state index contributed by atoms with van der Waals surface area (Å²) in [6, 6.07) is 6.07. The van der Waals surface area contributed by atoms with E-state index in [1.54, 1.807) is 7.11 Å². The van der Waals surface area contributed by atoms with Crippen LogP contribution in [-0.2, 0) is 0 Å². The smallest absolute Gasteiger partial charge is 0.143 e. The van der Waals surface area contributed by atoms with Gasteiger partial charge in [0.05, 0.1) is 12.8 Å². The number of piperidine rings is 1. The summed E-state index contributed by atoms with van der Waals surface area (Å²) in [4.78, 5) is 2.43. The van der Waals surface area contributed by atoms with E-state index in [2.05, 4.69) is 24.8 Å². The van der Waals surface area contributed by atoms with Crippen molar-refractivity contribution >= 4 is 11.4 Å². The number of hydrogen-bond acceptors (Lipinski definition) is 3. The average molecular weight is 248 g/mol. The van der Waals surface area contributed by atoms with Crippen molar-refractivity contribution in [2.75, 3.05) is 30.8 Å². The molecule has 1 heterocycles. The first kappa shape index (κ1) is 13.1.